The van der Waals surface area contributed by atoms with E-state index in [1.807, 2.05) is 6.92 Å². The summed E-state index contributed by atoms with van der Waals surface area (Å²) in [5, 5.41) is -0.318. The Hall–Kier alpha value is -2.45. The van der Waals surface area contributed by atoms with Crippen molar-refractivity contribution >= 4 is 23.2 Å². The topological polar surface area (TPSA) is 65.5 Å². The van der Waals surface area contributed by atoms with Crippen LogP contribution < -0.4 is 4.74 Å². The van der Waals surface area contributed by atoms with Gasteiger partial charge >= 0.3 is 6.18 Å². The molecule has 3 rings (SSSR count). The zero-order valence-corrected chi connectivity index (χ0v) is 19.0. The van der Waals surface area contributed by atoms with Crippen molar-refractivity contribution in [2.75, 3.05) is 0 Å². The van der Waals surface area contributed by atoms with Crippen LogP contribution in [0.3, 0.4) is 0 Å². The number of nitrogens with zero attached hydrogens (tertiary/aromatic N) is 1. The molecule has 0 atom stereocenters. The van der Waals surface area contributed by atoms with Gasteiger partial charge in [-0.2, -0.15) is 13.2 Å². The first-order chi connectivity index (χ1) is 14.7. The van der Waals surface area contributed by atoms with E-state index < -0.39 is 28.9 Å². The number of ketones is 2. The number of ether oxygens (including phenoxy) is 2. The average molecular weight is 470 g/mol. The molecule has 0 amide bonds. The van der Waals surface area contributed by atoms with E-state index in [9.17, 15) is 22.8 Å². The highest BCUT2D eigenvalue weighted by Crippen LogP contribution is 2.41. The number of pyridine rings is 1. The van der Waals surface area contributed by atoms with E-state index in [1.54, 1.807) is 39.8 Å². The van der Waals surface area contributed by atoms with Gasteiger partial charge in [-0.1, -0.05) is 24.6 Å². The third-order valence-corrected chi connectivity index (χ3v) is 5.65. The number of aromatic nitrogens is 1. The molecular weight excluding hydrogens is 447 g/mol. The number of halogens is 4. The first-order valence-corrected chi connectivity index (χ1v) is 10.4. The van der Waals surface area contributed by atoms with Crippen LogP contribution in [0, 0.1) is 0 Å². The third-order valence-electron chi connectivity index (χ3n) is 5.38. The van der Waals surface area contributed by atoms with E-state index in [1.165, 1.54) is 6.07 Å². The number of rotatable bonds is 4. The molecule has 32 heavy (non-hydrogen) atoms. The van der Waals surface area contributed by atoms with Crippen LogP contribution in [0.25, 0.3) is 0 Å². The fourth-order valence-electron chi connectivity index (χ4n) is 3.83. The van der Waals surface area contributed by atoms with Gasteiger partial charge in [0.15, 0.2) is 11.6 Å². The van der Waals surface area contributed by atoms with Gasteiger partial charge in [-0.15, -0.1) is 0 Å². The minimum Gasteiger partial charge on any atom is -0.438 e. The molecule has 0 aliphatic carbocycles. The summed E-state index contributed by atoms with van der Waals surface area (Å²) in [6.45, 7) is 8.36. The molecule has 172 valence electrons. The molecule has 9 heteroatoms. The van der Waals surface area contributed by atoms with Crippen molar-refractivity contribution in [3.63, 3.8) is 0 Å². The van der Waals surface area contributed by atoms with Crippen LogP contribution in [0.5, 0.6) is 11.6 Å². The van der Waals surface area contributed by atoms with Gasteiger partial charge in [-0.05, 0) is 63.4 Å². The Labute approximate surface area is 188 Å². The van der Waals surface area contributed by atoms with Crippen molar-refractivity contribution in [3.05, 3.63) is 52.2 Å². The van der Waals surface area contributed by atoms with Crippen LogP contribution in [-0.2, 0) is 26.9 Å². The molecule has 0 saturated carbocycles. The number of benzene rings is 1. The Morgan fingerprint density at radius 2 is 1.69 bits per heavy atom. The minimum absolute atomic E-state index is 0.189. The summed E-state index contributed by atoms with van der Waals surface area (Å²) in [4.78, 5) is 30.0. The summed E-state index contributed by atoms with van der Waals surface area (Å²) in [6, 6.07) is 5.55. The lowest BCUT2D eigenvalue weighted by Gasteiger charge is -2.43. The molecule has 0 radical (unpaired) electrons. The van der Waals surface area contributed by atoms with Crippen molar-refractivity contribution < 1.29 is 32.2 Å². The van der Waals surface area contributed by atoms with E-state index in [-0.39, 0.29) is 28.2 Å². The normalized spacial score (nSPS) is 18.7. The number of hydrogen-bond acceptors (Lipinski definition) is 5. The maximum Gasteiger partial charge on any atom is 0.417 e. The largest absolute Gasteiger partial charge is 0.438 e. The van der Waals surface area contributed by atoms with E-state index in [0.29, 0.717) is 18.2 Å². The second-order valence-corrected chi connectivity index (χ2v) is 9.02. The number of carbonyl (C=O) groups excluding carboxylic acids is 2. The molecule has 1 aliphatic heterocycles. The van der Waals surface area contributed by atoms with Crippen LogP contribution in [0.1, 0.15) is 57.2 Å². The molecule has 0 N–H and O–H groups in total. The molecular formula is C23H23ClF3NO4. The van der Waals surface area contributed by atoms with Crippen LogP contribution >= 0.6 is 11.6 Å². The number of Topliss-reactive ketones (excluding diaryl/α,β-unsaturated/α-hetero) is 2. The molecule has 2 aromatic rings. The number of aryl methyl sites for hydroxylation is 1. The van der Waals surface area contributed by atoms with E-state index in [4.69, 9.17) is 21.1 Å². The zero-order valence-electron chi connectivity index (χ0n) is 18.3. The van der Waals surface area contributed by atoms with Crippen LogP contribution in [-0.4, -0.2) is 27.8 Å². The molecule has 1 saturated heterocycles. The third kappa shape index (κ3) is 4.52. The van der Waals surface area contributed by atoms with Crippen molar-refractivity contribution in [2.24, 2.45) is 0 Å². The molecule has 0 spiro atoms. The Kier molecular flexibility index (Phi) is 6.17. The molecule has 1 aliphatic rings. The van der Waals surface area contributed by atoms with Gasteiger partial charge < -0.3 is 9.47 Å². The molecule has 0 bridgehead atoms. The second kappa shape index (κ2) is 8.15. The molecule has 1 aromatic heterocycles. The fraction of sp³-hybridized carbons (Fsp3) is 0.435. The summed E-state index contributed by atoms with van der Waals surface area (Å²) < 4.78 is 49.9. The smallest absolute Gasteiger partial charge is 0.417 e. The van der Waals surface area contributed by atoms with Gasteiger partial charge in [0.25, 0.3) is 0 Å². The number of hydrogen-bond donors (Lipinski definition) is 0. The van der Waals surface area contributed by atoms with Crippen molar-refractivity contribution in [1.29, 1.82) is 0 Å². The fourth-order valence-corrected chi connectivity index (χ4v) is 4.03. The second-order valence-electron chi connectivity index (χ2n) is 8.61. The Morgan fingerprint density at radius 3 is 2.19 bits per heavy atom. The van der Waals surface area contributed by atoms with Crippen molar-refractivity contribution in [3.8, 4) is 11.6 Å². The highest BCUT2D eigenvalue weighted by molar-refractivity contribution is 6.31. The lowest BCUT2D eigenvalue weighted by molar-refractivity contribution is -0.184. The van der Waals surface area contributed by atoms with E-state index in [2.05, 4.69) is 4.98 Å². The Balaban J connectivity index is 2.03. The molecule has 0 unspecified atom stereocenters. The summed E-state index contributed by atoms with van der Waals surface area (Å²) >= 11 is 5.94. The summed E-state index contributed by atoms with van der Waals surface area (Å²) in [7, 11) is 0. The highest BCUT2D eigenvalue weighted by Gasteiger charge is 2.53. The number of alkyl halides is 3. The number of carbonyl (C=O) groups is 2. The van der Waals surface area contributed by atoms with Gasteiger partial charge in [0, 0.05) is 6.20 Å². The first kappa shape index (κ1) is 24.2. The maximum absolute atomic E-state index is 13.1. The molecule has 1 fully saturated rings. The van der Waals surface area contributed by atoms with Gasteiger partial charge in [-0.3, -0.25) is 9.59 Å². The van der Waals surface area contributed by atoms with Gasteiger partial charge in [-0.25, -0.2) is 4.98 Å². The van der Waals surface area contributed by atoms with Crippen LogP contribution in [0.15, 0.2) is 30.5 Å². The van der Waals surface area contributed by atoms with Crippen molar-refractivity contribution in [1.82, 2.24) is 4.98 Å². The zero-order chi connectivity index (χ0) is 24.1. The van der Waals surface area contributed by atoms with Gasteiger partial charge in [0.2, 0.25) is 5.88 Å². The lowest BCUT2D eigenvalue weighted by atomic mass is 9.73. The lowest BCUT2D eigenvalue weighted by Crippen LogP contribution is -2.58. The standard InChI is InChI=1S/C23H23ClF3NO4/c1-6-12-7-8-14(31-20-16(24)9-13(11-28-20)23(25,26)27)10-15(12)17-18(29)21(2,3)32-22(4,5)19(17)30/h7-11,17H,6H2,1-5H3. The first-order valence-electron chi connectivity index (χ1n) is 9.99. The van der Waals surface area contributed by atoms with Crippen LogP contribution in [0.2, 0.25) is 5.02 Å². The van der Waals surface area contributed by atoms with E-state index in [0.717, 1.165) is 11.6 Å². The Bertz CT molecular complexity index is 1050. The van der Waals surface area contributed by atoms with Crippen LogP contribution in [0.4, 0.5) is 13.2 Å². The summed E-state index contributed by atoms with van der Waals surface area (Å²) in [6.07, 6.45) is -3.42. The monoisotopic (exact) mass is 469 g/mol. The average Bonchev–Trinajstić information content (AvgIpc) is 2.67. The summed E-state index contributed by atoms with van der Waals surface area (Å²) in [5.41, 5.74) is -2.12. The quantitative estimate of drug-likeness (QED) is 0.520. The van der Waals surface area contributed by atoms with E-state index >= 15 is 0 Å². The molecule has 5 nitrogen and oxygen atoms in total. The Morgan fingerprint density at radius 1 is 1.09 bits per heavy atom. The molecule has 1 aromatic carbocycles. The minimum atomic E-state index is -4.59. The van der Waals surface area contributed by atoms with Gasteiger partial charge in [0.1, 0.15) is 27.9 Å². The molecule has 2 heterocycles. The summed E-state index contributed by atoms with van der Waals surface area (Å²) in [5.74, 6) is -1.85. The predicted octanol–water partition coefficient (Wildman–Crippen LogP) is 5.92. The maximum atomic E-state index is 13.1. The predicted molar refractivity (Wildman–Crippen MR) is 112 cm³/mol. The van der Waals surface area contributed by atoms with Crippen molar-refractivity contribution in [2.45, 2.75) is 64.3 Å². The van der Waals surface area contributed by atoms with Gasteiger partial charge in [0.05, 0.1) is 5.56 Å². The highest BCUT2D eigenvalue weighted by atomic mass is 35.5. The SMILES string of the molecule is CCc1ccc(Oc2ncc(C(F)(F)F)cc2Cl)cc1C1C(=O)C(C)(C)OC(C)(C)C1=O.